The van der Waals surface area contributed by atoms with Gasteiger partial charge < -0.3 is 10.2 Å². The zero-order chi connectivity index (χ0) is 23.1. The van der Waals surface area contributed by atoms with Crippen molar-refractivity contribution in [3.63, 3.8) is 0 Å². The van der Waals surface area contributed by atoms with Crippen molar-refractivity contribution >= 4 is 21.8 Å². The molecule has 1 aliphatic heterocycles. The Morgan fingerprint density at radius 3 is 2.22 bits per heavy atom. The molecule has 0 bridgehead atoms. The fourth-order valence-electron chi connectivity index (χ4n) is 3.70. The summed E-state index contributed by atoms with van der Waals surface area (Å²) in [6.45, 7) is 5.24. The number of hydrogen-bond acceptors (Lipinski definition) is 4. The van der Waals surface area contributed by atoms with Gasteiger partial charge in [0.2, 0.25) is 15.9 Å². The molecule has 2 aromatic rings. The molecule has 2 amide bonds. The number of likely N-dealkylation sites (tertiary alicyclic amines) is 1. The highest BCUT2D eigenvalue weighted by atomic mass is 32.2. The summed E-state index contributed by atoms with van der Waals surface area (Å²) in [6.07, 6.45) is 1.46. The van der Waals surface area contributed by atoms with Crippen LogP contribution in [0.5, 0.6) is 0 Å². The summed E-state index contributed by atoms with van der Waals surface area (Å²) in [5, 5.41) is 3.02. The minimum absolute atomic E-state index is 0.0269. The third kappa shape index (κ3) is 6.40. The summed E-state index contributed by atoms with van der Waals surface area (Å²) in [5.74, 6) is 0.134. The molecule has 172 valence electrons. The van der Waals surface area contributed by atoms with Crippen LogP contribution in [0.25, 0.3) is 0 Å². The van der Waals surface area contributed by atoms with E-state index in [1.165, 1.54) is 0 Å². The average molecular weight is 458 g/mol. The Hall–Kier alpha value is -2.71. The highest BCUT2D eigenvalue weighted by Crippen LogP contribution is 2.17. The molecular weight excluding hydrogens is 426 g/mol. The third-order valence-electron chi connectivity index (χ3n) is 5.71. The zero-order valence-electron chi connectivity index (χ0n) is 18.6. The summed E-state index contributed by atoms with van der Waals surface area (Å²) >= 11 is 0. The molecule has 32 heavy (non-hydrogen) atoms. The van der Waals surface area contributed by atoms with Gasteiger partial charge in [-0.25, -0.2) is 13.1 Å². The molecule has 0 atom stereocenters. The van der Waals surface area contributed by atoms with Gasteiger partial charge >= 0.3 is 0 Å². The largest absolute Gasteiger partial charge is 0.349 e. The Bertz CT molecular complexity index is 1010. The standard InChI is InChI=1S/C24H31N3O4S/c1-18(2)19-8-10-22(11-9-19)32(30,31)25-15-12-23(28)27-16-13-21(14-17-27)26-24(29)20-6-4-3-5-7-20/h3-11,18,21,25H,12-17H2,1-2H3,(H,26,29). The van der Waals surface area contributed by atoms with Gasteiger partial charge in [-0.15, -0.1) is 0 Å². The predicted molar refractivity (Wildman–Crippen MR) is 124 cm³/mol. The van der Waals surface area contributed by atoms with Crippen LogP contribution in [0.4, 0.5) is 0 Å². The van der Waals surface area contributed by atoms with Crippen LogP contribution in [0, 0.1) is 0 Å². The molecule has 0 aromatic heterocycles. The summed E-state index contributed by atoms with van der Waals surface area (Å²) in [6, 6.07) is 15.9. The summed E-state index contributed by atoms with van der Waals surface area (Å²) in [7, 11) is -3.65. The summed E-state index contributed by atoms with van der Waals surface area (Å²) < 4.78 is 27.4. The highest BCUT2D eigenvalue weighted by Gasteiger charge is 2.24. The number of piperidine rings is 1. The molecular formula is C24H31N3O4S. The van der Waals surface area contributed by atoms with Gasteiger partial charge in [-0.05, 0) is 48.6 Å². The lowest BCUT2D eigenvalue weighted by Crippen LogP contribution is -2.47. The second-order valence-corrected chi connectivity index (χ2v) is 10.1. The monoisotopic (exact) mass is 457 g/mol. The maximum Gasteiger partial charge on any atom is 0.251 e. The van der Waals surface area contributed by atoms with Crippen molar-refractivity contribution in [2.75, 3.05) is 19.6 Å². The van der Waals surface area contributed by atoms with Crippen LogP contribution in [0.2, 0.25) is 0 Å². The van der Waals surface area contributed by atoms with Crippen molar-refractivity contribution < 1.29 is 18.0 Å². The highest BCUT2D eigenvalue weighted by molar-refractivity contribution is 7.89. The molecule has 7 nitrogen and oxygen atoms in total. The number of rotatable bonds is 8. The first-order chi connectivity index (χ1) is 15.3. The smallest absolute Gasteiger partial charge is 0.251 e. The minimum Gasteiger partial charge on any atom is -0.349 e. The van der Waals surface area contributed by atoms with E-state index in [2.05, 4.69) is 10.0 Å². The quantitative estimate of drug-likeness (QED) is 0.637. The molecule has 0 spiro atoms. The zero-order valence-corrected chi connectivity index (χ0v) is 19.4. The molecule has 1 saturated heterocycles. The number of amides is 2. The van der Waals surface area contributed by atoms with Gasteiger partial charge in [0.25, 0.3) is 5.91 Å². The van der Waals surface area contributed by atoms with E-state index in [0.717, 1.165) is 5.56 Å². The Morgan fingerprint density at radius 2 is 1.62 bits per heavy atom. The van der Waals surface area contributed by atoms with Gasteiger partial charge in [0, 0.05) is 37.7 Å². The Labute approximate surface area is 190 Å². The van der Waals surface area contributed by atoms with E-state index in [1.807, 2.05) is 44.2 Å². The Kier molecular flexibility index (Phi) is 8.04. The SMILES string of the molecule is CC(C)c1ccc(S(=O)(=O)NCCC(=O)N2CCC(NC(=O)c3ccccc3)CC2)cc1. The number of carbonyl (C=O) groups is 2. The third-order valence-corrected chi connectivity index (χ3v) is 7.18. The fourth-order valence-corrected chi connectivity index (χ4v) is 4.73. The van der Waals surface area contributed by atoms with E-state index >= 15 is 0 Å². The van der Waals surface area contributed by atoms with E-state index < -0.39 is 10.0 Å². The van der Waals surface area contributed by atoms with Gasteiger partial charge in [-0.1, -0.05) is 44.2 Å². The summed E-state index contributed by atoms with van der Waals surface area (Å²) in [5.41, 5.74) is 1.69. The van der Waals surface area contributed by atoms with Crippen LogP contribution in [-0.4, -0.2) is 50.8 Å². The van der Waals surface area contributed by atoms with Crippen LogP contribution in [0.1, 0.15) is 54.9 Å². The lowest BCUT2D eigenvalue weighted by atomic mass is 10.0. The maximum absolute atomic E-state index is 12.5. The van der Waals surface area contributed by atoms with Crippen molar-refractivity contribution in [1.82, 2.24) is 14.9 Å². The molecule has 0 saturated carbocycles. The molecule has 2 N–H and O–H groups in total. The van der Waals surface area contributed by atoms with E-state index in [9.17, 15) is 18.0 Å². The first-order valence-electron chi connectivity index (χ1n) is 11.0. The van der Waals surface area contributed by atoms with Crippen LogP contribution in [-0.2, 0) is 14.8 Å². The second kappa shape index (κ2) is 10.7. The molecule has 0 aliphatic carbocycles. The molecule has 2 aromatic carbocycles. The number of nitrogens with zero attached hydrogens (tertiary/aromatic N) is 1. The lowest BCUT2D eigenvalue weighted by molar-refractivity contribution is -0.132. The van der Waals surface area contributed by atoms with Gasteiger partial charge in [0.1, 0.15) is 0 Å². The molecule has 1 fully saturated rings. The van der Waals surface area contributed by atoms with E-state index in [4.69, 9.17) is 0 Å². The minimum atomic E-state index is -3.65. The molecule has 8 heteroatoms. The number of nitrogens with one attached hydrogen (secondary N) is 2. The number of hydrogen-bond donors (Lipinski definition) is 2. The van der Waals surface area contributed by atoms with E-state index in [0.29, 0.717) is 37.4 Å². The van der Waals surface area contributed by atoms with Gasteiger partial charge in [0.15, 0.2) is 0 Å². The van der Waals surface area contributed by atoms with Crippen LogP contribution in [0.15, 0.2) is 59.5 Å². The van der Waals surface area contributed by atoms with Crippen LogP contribution < -0.4 is 10.0 Å². The molecule has 0 radical (unpaired) electrons. The van der Waals surface area contributed by atoms with Crippen molar-refractivity contribution in [2.45, 2.75) is 50.0 Å². The lowest BCUT2D eigenvalue weighted by Gasteiger charge is -2.32. The van der Waals surface area contributed by atoms with Crippen molar-refractivity contribution in [3.8, 4) is 0 Å². The molecule has 0 unspecified atom stereocenters. The number of sulfonamides is 1. The second-order valence-electron chi connectivity index (χ2n) is 8.37. The average Bonchev–Trinajstić information content (AvgIpc) is 2.80. The van der Waals surface area contributed by atoms with Crippen LogP contribution >= 0.6 is 0 Å². The Morgan fingerprint density at radius 1 is 1.00 bits per heavy atom. The molecule has 1 heterocycles. The van der Waals surface area contributed by atoms with Crippen molar-refractivity contribution in [3.05, 3.63) is 65.7 Å². The molecule has 1 aliphatic rings. The normalized spacial score (nSPS) is 15.0. The van der Waals surface area contributed by atoms with Gasteiger partial charge in [-0.3, -0.25) is 9.59 Å². The van der Waals surface area contributed by atoms with Gasteiger partial charge in [0.05, 0.1) is 4.90 Å². The molecule has 3 rings (SSSR count). The summed E-state index contributed by atoms with van der Waals surface area (Å²) in [4.78, 5) is 26.7. The number of carbonyl (C=O) groups excluding carboxylic acids is 2. The van der Waals surface area contributed by atoms with Crippen molar-refractivity contribution in [2.24, 2.45) is 0 Å². The Balaban J connectivity index is 1.41. The van der Waals surface area contributed by atoms with Crippen LogP contribution in [0.3, 0.4) is 0 Å². The van der Waals surface area contributed by atoms with Crippen molar-refractivity contribution in [1.29, 1.82) is 0 Å². The fraction of sp³-hybridized carbons (Fsp3) is 0.417. The van der Waals surface area contributed by atoms with E-state index in [-0.39, 0.29) is 35.7 Å². The first-order valence-corrected chi connectivity index (χ1v) is 12.5. The maximum atomic E-state index is 12.5. The van der Waals surface area contributed by atoms with Gasteiger partial charge in [-0.2, -0.15) is 0 Å². The number of benzene rings is 2. The topological polar surface area (TPSA) is 95.6 Å². The van der Waals surface area contributed by atoms with E-state index in [1.54, 1.807) is 29.2 Å². The first kappa shape index (κ1) is 23.9. The predicted octanol–water partition coefficient (Wildman–Crippen LogP) is 2.90.